The summed E-state index contributed by atoms with van der Waals surface area (Å²) in [6.45, 7) is 0. The number of cyclic esters (lactones) is 4. The first-order valence-corrected chi connectivity index (χ1v) is 5.07. The molecule has 0 spiro atoms. The van der Waals surface area contributed by atoms with Gasteiger partial charge in [-0.05, 0) is 12.8 Å². The van der Waals surface area contributed by atoms with Crippen molar-refractivity contribution in [3.63, 3.8) is 0 Å². The van der Waals surface area contributed by atoms with E-state index < -0.39 is 41.1 Å². The van der Waals surface area contributed by atoms with Gasteiger partial charge in [-0.2, -0.15) is 0 Å². The summed E-state index contributed by atoms with van der Waals surface area (Å²) in [5.41, 5.74) is -1.40. The Hall–Kier alpha value is -1.72. The monoisotopic (exact) mass is 224 g/mol. The van der Waals surface area contributed by atoms with Crippen molar-refractivity contribution < 1.29 is 28.7 Å². The van der Waals surface area contributed by atoms with Crippen molar-refractivity contribution in [3.8, 4) is 0 Å². The zero-order valence-corrected chi connectivity index (χ0v) is 8.23. The molecule has 84 valence electrons. The number of esters is 4. The zero-order valence-electron chi connectivity index (χ0n) is 8.23. The van der Waals surface area contributed by atoms with E-state index in [2.05, 4.69) is 9.47 Å². The minimum atomic E-state index is -1.40. The van der Waals surface area contributed by atoms with Gasteiger partial charge in [-0.1, -0.05) is 0 Å². The molecule has 2 aliphatic heterocycles. The van der Waals surface area contributed by atoms with Crippen molar-refractivity contribution in [1.82, 2.24) is 0 Å². The van der Waals surface area contributed by atoms with Crippen LogP contribution in [0.4, 0.5) is 0 Å². The maximum Gasteiger partial charge on any atom is 0.331 e. The molecule has 0 aromatic heterocycles. The van der Waals surface area contributed by atoms with Gasteiger partial charge in [-0.25, -0.2) is 0 Å². The van der Waals surface area contributed by atoms with E-state index in [1.807, 2.05) is 0 Å². The van der Waals surface area contributed by atoms with Gasteiger partial charge in [-0.15, -0.1) is 0 Å². The van der Waals surface area contributed by atoms with Crippen LogP contribution in [0.5, 0.6) is 0 Å². The fraction of sp³-hybridized carbons (Fsp3) is 0.600. The number of ether oxygens (including phenoxy) is 2. The molecule has 16 heavy (non-hydrogen) atoms. The average Bonchev–Trinajstić information content (AvgIpc) is 2.51. The average molecular weight is 224 g/mol. The quantitative estimate of drug-likeness (QED) is 0.409. The lowest BCUT2D eigenvalue weighted by Gasteiger charge is -2.37. The van der Waals surface area contributed by atoms with Crippen molar-refractivity contribution in [2.45, 2.75) is 19.3 Å². The molecule has 0 amide bonds. The molecule has 1 aliphatic carbocycles. The summed E-state index contributed by atoms with van der Waals surface area (Å²) >= 11 is 0. The third-order valence-corrected chi connectivity index (χ3v) is 3.79. The highest BCUT2D eigenvalue weighted by atomic mass is 16.6. The smallest absolute Gasteiger partial charge is 0.331 e. The molecule has 3 aliphatic rings. The molecule has 3 unspecified atom stereocenters. The van der Waals surface area contributed by atoms with Crippen LogP contribution in [0.2, 0.25) is 0 Å². The van der Waals surface area contributed by atoms with Gasteiger partial charge in [0.25, 0.3) is 0 Å². The summed E-state index contributed by atoms with van der Waals surface area (Å²) < 4.78 is 9.04. The second-order valence-electron chi connectivity index (χ2n) is 4.40. The topological polar surface area (TPSA) is 86.7 Å². The second kappa shape index (κ2) is 2.69. The fourth-order valence-electron chi connectivity index (χ4n) is 2.98. The Morgan fingerprint density at radius 3 is 2.50 bits per heavy atom. The molecule has 2 bridgehead atoms. The van der Waals surface area contributed by atoms with E-state index in [-0.39, 0.29) is 12.8 Å². The highest BCUT2D eigenvalue weighted by Gasteiger charge is 2.69. The van der Waals surface area contributed by atoms with Gasteiger partial charge in [-0.3, -0.25) is 19.2 Å². The summed E-state index contributed by atoms with van der Waals surface area (Å²) in [5, 5.41) is 0. The summed E-state index contributed by atoms with van der Waals surface area (Å²) in [7, 11) is 0. The van der Waals surface area contributed by atoms with Gasteiger partial charge >= 0.3 is 23.9 Å². The van der Waals surface area contributed by atoms with Gasteiger partial charge in [0.2, 0.25) is 0 Å². The van der Waals surface area contributed by atoms with Crippen LogP contribution in [0, 0.1) is 17.3 Å². The van der Waals surface area contributed by atoms with E-state index in [9.17, 15) is 19.2 Å². The molecule has 6 heteroatoms. The zero-order chi connectivity index (χ0) is 11.5. The Labute approximate surface area is 89.9 Å². The lowest BCUT2D eigenvalue weighted by Crippen LogP contribution is -2.55. The van der Waals surface area contributed by atoms with Crippen molar-refractivity contribution in [2.24, 2.45) is 17.3 Å². The van der Waals surface area contributed by atoms with Crippen molar-refractivity contribution in [1.29, 1.82) is 0 Å². The first-order chi connectivity index (χ1) is 7.55. The number of carbonyl (C=O) groups is 4. The molecule has 2 saturated heterocycles. The van der Waals surface area contributed by atoms with Crippen molar-refractivity contribution in [3.05, 3.63) is 0 Å². The van der Waals surface area contributed by atoms with E-state index in [4.69, 9.17) is 0 Å². The van der Waals surface area contributed by atoms with Crippen molar-refractivity contribution in [2.75, 3.05) is 0 Å². The Balaban J connectivity index is 2.12. The normalized spacial score (nSPS) is 41.5. The first-order valence-electron chi connectivity index (χ1n) is 5.07. The Kier molecular flexibility index (Phi) is 1.60. The van der Waals surface area contributed by atoms with E-state index in [0.29, 0.717) is 6.42 Å². The van der Waals surface area contributed by atoms with Crippen LogP contribution in [0.25, 0.3) is 0 Å². The van der Waals surface area contributed by atoms with E-state index in [1.165, 1.54) is 0 Å². The predicted octanol–water partition coefficient (Wildman–Crippen LogP) is -0.444. The maximum absolute atomic E-state index is 11.7. The van der Waals surface area contributed by atoms with Gasteiger partial charge in [0, 0.05) is 5.92 Å². The molecule has 0 aromatic rings. The highest BCUT2D eigenvalue weighted by Crippen LogP contribution is 2.55. The lowest BCUT2D eigenvalue weighted by molar-refractivity contribution is -0.196. The number of rotatable bonds is 0. The fourth-order valence-corrected chi connectivity index (χ4v) is 2.98. The molecular formula is C10H8O6. The molecule has 3 atom stereocenters. The third kappa shape index (κ3) is 0.874. The number of hydrogen-bond acceptors (Lipinski definition) is 6. The van der Waals surface area contributed by atoms with Gasteiger partial charge in [0.1, 0.15) is 0 Å². The standard InChI is InChI=1S/C10H8O6/c11-6-3-5-4-1-2-10(5,8(13)15-6)9(14)16-7(4)12/h4-5H,1-3H2. The van der Waals surface area contributed by atoms with Crippen LogP contribution < -0.4 is 0 Å². The molecule has 1 saturated carbocycles. The lowest BCUT2D eigenvalue weighted by atomic mass is 9.71. The molecule has 0 aromatic carbocycles. The van der Waals surface area contributed by atoms with Crippen LogP contribution >= 0.6 is 0 Å². The predicted molar refractivity (Wildman–Crippen MR) is 45.5 cm³/mol. The Morgan fingerprint density at radius 1 is 1.06 bits per heavy atom. The molecule has 6 nitrogen and oxygen atoms in total. The van der Waals surface area contributed by atoms with Gasteiger partial charge in [0.15, 0.2) is 5.41 Å². The minimum Gasteiger partial charge on any atom is -0.392 e. The number of carbonyl (C=O) groups excluding carboxylic acids is 4. The van der Waals surface area contributed by atoms with Gasteiger partial charge in [0.05, 0.1) is 12.3 Å². The molecular weight excluding hydrogens is 216 g/mol. The first kappa shape index (κ1) is 9.50. The van der Waals surface area contributed by atoms with Crippen LogP contribution in [-0.2, 0) is 28.7 Å². The van der Waals surface area contributed by atoms with E-state index >= 15 is 0 Å². The van der Waals surface area contributed by atoms with E-state index in [0.717, 1.165) is 0 Å². The van der Waals surface area contributed by atoms with E-state index in [1.54, 1.807) is 0 Å². The molecule has 2 heterocycles. The molecule has 3 fully saturated rings. The molecule has 3 rings (SSSR count). The second-order valence-corrected chi connectivity index (χ2v) is 4.40. The Bertz CT molecular complexity index is 429. The molecule has 0 N–H and O–H groups in total. The largest absolute Gasteiger partial charge is 0.392 e. The third-order valence-electron chi connectivity index (χ3n) is 3.79. The summed E-state index contributed by atoms with van der Waals surface area (Å²) in [6.07, 6.45) is 0.577. The summed E-state index contributed by atoms with van der Waals surface area (Å²) in [5.74, 6) is -4.07. The number of hydrogen-bond donors (Lipinski definition) is 0. The SMILES string of the molecule is O=C1CC2C3CCC2(C(=O)O1)C(=O)OC3=O. The van der Waals surface area contributed by atoms with Crippen molar-refractivity contribution >= 4 is 23.9 Å². The molecule has 0 radical (unpaired) electrons. The summed E-state index contributed by atoms with van der Waals surface area (Å²) in [6, 6.07) is 0. The van der Waals surface area contributed by atoms with Gasteiger partial charge < -0.3 is 9.47 Å². The maximum atomic E-state index is 11.7. The Morgan fingerprint density at radius 2 is 1.75 bits per heavy atom. The minimum absolute atomic E-state index is 0.0583. The van der Waals surface area contributed by atoms with Crippen LogP contribution in [0.15, 0.2) is 0 Å². The van der Waals surface area contributed by atoms with Crippen LogP contribution in [0.1, 0.15) is 19.3 Å². The summed E-state index contributed by atoms with van der Waals surface area (Å²) in [4.78, 5) is 45.9. The van der Waals surface area contributed by atoms with Crippen LogP contribution in [0.3, 0.4) is 0 Å². The highest BCUT2D eigenvalue weighted by molar-refractivity contribution is 6.11. The van der Waals surface area contributed by atoms with Crippen LogP contribution in [-0.4, -0.2) is 23.9 Å².